The molecule has 0 aliphatic carbocycles. The van der Waals surface area contributed by atoms with Crippen LogP contribution in [0.4, 0.5) is 5.69 Å². The van der Waals surface area contributed by atoms with Gasteiger partial charge in [0, 0.05) is 67.8 Å². The number of benzene rings is 2. The van der Waals surface area contributed by atoms with Crippen LogP contribution in [0, 0.1) is 17.0 Å². The molecular formula is C29H32N4O4S. The lowest BCUT2D eigenvalue weighted by Gasteiger charge is -2.41. The Labute approximate surface area is 226 Å². The van der Waals surface area contributed by atoms with E-state index >= 15 is 0 Å². The van der Waals surface area contributed by atoms with Crippen LogP contribution in [0.2, 0.25) is 0 Å². The maximum atomic E-state index is 13.3. The SMILES string of the molecule is Cc1ccccc1C1c2ccsc2CCN1CCC(=O)N1CCN(C(=O)c2cccc([N+](=O)[O-])c2)C(C)C1. The highest BCUT2D eigenvalue weighted by molar-refractivity contribution is 7.10. The molecule has 2 aromatic carbocycles. The number of amides is 2. The van der Waals surface area contributed by atoms with Gasteiger partial charge in [-0.25, -0.2) is 0 Å². The van der Waals surface area contributed by atoms with Crippen molar-refractivity contribution < 1.29 is 14.5 Å². The van der Waals surface area contributed by atoms with Gasteiger partial charge in [-0.3, -0.25) is 24.6 Å². The second-order valence-electron chi connectivity index (χ2n) is 10.1. The molecule has 1 aromatic heterocycles. The normalized spacial score (nSPS) is 19.7. The van der Waals surface area contributed by atoms with Gasteiger partial charge in [-0.2, -0.15) is 0 Å². The standard InChI is InChI=1S/C29H32N4O4S/c1-20-6-3-4-9-24(20)28-25-12-17-38-26(25)10-13-30(28)14-11-27(34)31-15-16-32(21(2)19-31)29(35)22-7-5-8-23(18-22)33(36)37/h3-9,12,17-18,21,28H,10-11,13-16,19H2,1-2H3. The van der Waals surface area contributed by atoms with Gasteiger partial charge in [-0.15, -0.1) is 11.3 Å². The van der Waals surface area contributed by atoms with Crippen LogP contribution in [0.5, 0.6) is 0 Å². The van der Waals surface area contributed by atoms with Gasteiger partial charge in [-0.1, -0.05) is 30.3 Å². The van der Waals surface area contributed by atoms with Gasteiger partial charge >= 0.3 is 0 Å². The van der Waals surface area contributed by atoms with E-state index in [0.717, 1.165) is 13.0 Å². The Balaban J connectivity index is 1.22. The quantitative estimate of drug-likeness (QED) is 0.340. The van der Waals surface area contributed by atoms with Crippen molar-refractivity contribution >= 4 is 28.8 Å². The van der Waals surface area contributed by atoms with E-state index in [1.54, 1.807) is 11.0 Å². The lowest BCUT2D eigenvalue weighted by molar-refractivity contribution is -0.384. The summed E-state index contributed by atoms with van der Waals surface area (Å²) in [7, 11) is 0. The molecule has 2 atom stereocenters. The number of carbonyl (C=O) groups excluding carboxylic acids is 2. The molecule has 1 fully saturated rings. The van der Waals surface area contributed by atoms with Crippen molar-refractivity contribution in [3.63, 3.8) is 0 Å². The Kier molecular flexibility index (Phi) is 7.58. The Morgan fingerprint density at radius 2 is 1.87 bits per heavy atom. The Bertz CT molecular complexity index is 1360. The molecule has 2 amide bonds. The van der Waals surface area contributed by atoms with Gasteiger partial charge in [0.1, 0.15) is 0 Å². The van der Waals surface area contributed by atoms with Gasteiger partial charge in [-0.05, 0) is 54.5 Å². The number of non-ortho nitro benzene ring substituents is 1. The highest BCUT2D eigenvalue weighted by Crippen LogP contribution is 2.39. The van der Waals surface area contributed by atoms with E-state index in [4.69, 9.17) is 0 Å². The topological polar surface area (TPSA) is 87.0 Å². The molecule has 2 aliphatic heterocycles. The van der Waals surface area contributed by atoms with Crippen molar-refractivity contribution in [3.8, 4) is 0 Å². The zero-order valence-electron chi connectivity index (χ0n) is 21.7. The number of thiophene rings is 1. The second-order valence-corrected chi connectivity index (χ2v) is 11.1. The molecule has 0 N–H and O–H groups in total. The van der Waals surface area contributed by atoms with Crippen molar-refractivity contribution in [2.45, 2.75) is 38.8 Å². The first-order valence-electron chi connectivity index (χ1n) is 13.0. The van der Waals surface area contributed by atoms with Crippen LogP contribution in [0.15, 0.2) is 60.0 Å². The van der Waals surface area contributed by atoms with Gasteiger partial charge in [0.25, 0.3) is 11.6 Å². The van der Waals surface area contributed by atoms with Gasteiger partial charge in [0.05, 0.1) is 11.0 Å². The Morgan fingerprint density at radius 3 is 2.63 bits per heavy atom. The van der Waals surface area contributed by atoms with Crippen molar-refractivity contribution in [1.82, 2.24) is 14.7 Å². The summed E-state index contributed by atoms with van der Waals surface area (Å²) < 4.78 is 0. The molecule has 0 spiro atoms. The summed E-state index contributed by atoms with van der Waals surface area (Å²) in [5.41, 5.74) is 4.09. The van der Waals surface area contributed by atoms with Crippen LogP contribution < -0.4 is 0 Å². The summed E-state index contributed by atoms with van der Waals surface area (Å²) in [6.07, 6.45) is 1.42. The van der Waals surface area contributed by atoms with Crippen LogP contribution in [0.1, 0.15) is 51.3 Å². The third-order valence-electron chi connectivity index (χ3n) is 7.71. The first kappa shape index (κ1) is 26.1. The zero-order valence-corrected chi connectivity index (χ0v) is 22.5. The number of carbonyl (C=O) groups is 2. The molecule has 0 radical (unpaired) electrons. The van der Waals surface area contributed by atoms with E-state index < -0.39 is 4.92 Å². The average molecular weight is 533 g/mol. The molecule has 9 heteroatoms. The van der Waals surface area contributed by atoms with Crippen molar-refractivity contribution in [2.24, 2.45) is 0 Å². The van der Waals surface area contributed by atoms with Crippen LogP contribution in [-0.4, -0.2) is 70.2 Å². The fraction of sp³-hybridized carbons (Fsp3) is 0.379. The number of piperazine rings is 1. The number of rotatable bonds is 6. The monoisotopic (exact) mass is 532 g/mol. The molecule has 1 saturated heterocycles. The molecule has 2 aliphatic rings. The lowest BCUT2D eigenvalue weighted by atomic mass is 9.90. The minimum atomic E-state index is -0.498. The molecule has 0 bridgehead atoms. The Hall–Kier alpha value is -3.56. The molecule has 2 unspecified atom stereocenters. The fourth-order valence-electron chi connectivity index (χ4n) is 5.67. The largest absolute Gasteiger partial charge is 0.339 e. The third-order valence-corrected chi connectivity index (χ3v) is 8.70. The maximum absolute atomic E-state index is 13.3. The summed E-state index contributed by atoms with van der Waals surface area (Å²) in [4.78, 5) is 44.4. The summed E-state index contributed by atoms with van der Waals surface area (Å²) >= 11 is 1.81. The van der Waals surface area contributed by atoms with Crippen molar-refractivity contribution in [1.29, 1.82) is 0 Å². The highest BCUT2D eigenvalue weighted by Gasteiger charge is 2.33. The Morgan fingerprint density at radius 1 is 1.05 bits per heavy atom. The number of nitro groups is 1. The van der Waals surface area contributed by atoms with E-state index in [2.05, 4.69) is 47.5 Å². The highest BCUT2D eigenvalue weighted by atomic mass is 32.1. The summed E-state index contributed by atoms with van der Waals surface area (Å²) in [6, 6.07) is 16.5. The number of aryl methyl sites for hydroxylation is 1. The summed E-state index contributed by atoms with van der Waals surface area (Å²) in [6.45, 7) is 6.98. The minimum Gasteiger partial charge on any atom is -0.339 e. The first-order chi connectivity index (χ1) is 18.3. The van der Waals surface area contributed by atoms with E-state index in [-0.39, 0.29) is 29.6 Å². The van der Waals surface area contributed by atoms with Crippen LogP contribution >= 0.6 is 11.3 Å². The predicted octanol–water partition coefficient (Wildman–Crippen LogP) is 4.68. The summed E-state index contributed by atoms with van der Waals surface area (Å²) in [5.74, 6) is -0.145. The molecule has 8 nitrogen and oxygen atoms in total. The fourth-order valence-corrected chi connectivity index (χ4v) is 6.57. The number of hydrogen-bond donors (Lipinski definition) is 0. The van der Waals surface area contributed by atoms with Gasteiger partial charge < -0.3 is 9.80 Å². The molecular weight excluding hydrogens is 500 g/mol. The van der Waals surface area contributed by atoms with Crippen LogP contribution in [0.25, 0.3) is 0 Å². The lowest BCUT2D eigenvalue weighted by Crippen LogP contribution is -2.55. The predicted molar refractivity (Wildman–Crippen MR) is 147 cm³/mol. The van der Waals surface area contributed by atoms with Crippen molar-refractivity contribution in [2.75, 3.05) is 32.7 Å². The smallest absolute Gasteiger partial charge is 0.270 e. The number of nitrogens with zero attached hydrogens (tertiary/aromatic N) is 4. The first-order valence-corrected chi connectivity index (χ1v) is 13.9. The molecule has 3 aromatic rings. The average Bonchev–Trinajstić information content (AvgIpc) is 3.40. The number of nitro benzene ring substituents is 1. The van der Waals surface area contributed by atoms with E-state index in [1.165, 1.54) is 39.8 Å². The third kappa shape index (κ3) is 5.21. The van der Waals surface area contributed by atoms with Crippen molar-refractivity contribution in [3.05, 3.63) is 97.2 Å². The molecule has 3 heterocycles. The van der Waals surface area contributed by atoms with E-state index in [0.29, 0.717) is 38.2 Å². The molecule has 38 heavy (non-hydrogen) atoms. The molecule has 198 valence electrons. The summed E-state index contributed by atoms with van der Waals surface area (Å²) in [5, 5.41) is 13.3. The van der Waals surface area contributed by atoms with E-state index in [9.17, 15) is 19.7 Å². The molecule has 5 rings (SSSR count). The molecule has 0 saturated carbocycles. The maximum Gasteiger partial charge on any atom is 0.270 e. The minimum absolute atomic E-state index is 0.0962. The zero-order chi connectivity index (χ0) is 26.8. The number of hydrogen-bond acceptors (Lipinski definition) is 6. The second kappa shape index (κ2) is 11.0. The van der Waals surface area contributed by atoms with Crippen LogP contribution in [0.3, 0.4) is 0 Å². The number of fused-ring (bicyclic) bond motifs is 1. The van der Waals surface area contributed by atoms with Gasteiger partial charge in [0.15, 0.2) is 0 Å². The van der Waals surface area contributed by atoms with E-state index in [1.807, 2.05) is 23.2 Å². The van der Waals surface area contributed by atoms with Gasteiger partial charge in [0.2, 0.25) is 5.91 Å². The van der Waals surface area contributed by atoms with Crippen LogP contribution in [-0.2, 0) is 11.2 Å².